The fraction of sp³-hybridized carbons (Fsp3) is 0.400. The van der Waals surface area contributed by atoms with Crippen molar-refractivity contribution < 1.29 is 4.39 Å². The highest BCUT2D eigenvalue weighted by molar-refractivity contribution is 14.0. The van der Waals surface area contributed by atoms with Crippen LogP contribution in [0.2, 0.25) is 0 Å². The van der Waals surface area contributed by atoms with Crippen LogP contribution in [0.15, 0.2) is 35.6 Å². The number of guanidine groups is 1. The molecule has 0 aliphatic rings. The van der Waals surface area contributed by atoms with Gasteiger partial charge in [0, 0.05) is 20.1 Å². The molecule has 0 radical (unpaired) electrons. The van der Waals surface area contributed by atoms with Crippen LogP contribution < -0.4 is 10.6 Å². The van der Waals surface area contributed by atoms with Gasteiger partial charge in [0.1, 0.15) is 24.5 Å². The van der Waals surface area contributed by atoms with Gasteiger partial charge in [-0.1, -0.05) is 12.1 Å². The Morgan fingerprint density at radius 1 is 1.26 bits per heavy atom. The van der Waals surface area contributed by atoms with Crippen molar-refractivity contribution in [2.75, 3.05) is 13.1 Å². The van der Waals surface area contributed by atoms with Crippen molar-refractivity contribution in [2.45, 2.75) is 19.9 Å². The number of rotatable bonds is 6. The molecule has 0 saturated carbocycles. The van der Waals surface area contributed by atoms with Gasteiger partial charge in [0.05, 0.1) is 0 Å². The van der Waals surface area contributed by atoms with Crippen molar-refractivity contribution in [1.29, 1.82) is 0 Å². The summed E-state index contributed by atoms with van der Waals surface area (Å²) in [6.45, 7) is 3.97. The van der Waals surface area contributed by atoms with Gasteiger partial charge in [-0.25, -0.2) is 14.4 Å². The average Bonchev–Trinajstić information content (AvgIpc) is 2.92. The first-order valence-corrected chi connectivity index (χ1v) is 7.28. The minimum absolute atomic E-state index is 0. The van der Waals surface area contributed by atoms with E-state index in [-0.39, 0.29) is 29.8 Å². The maximum absolute atomic E-state index is 12.8. The summed E-state index contributed by atoms with van der Waals surface area (Å²) in [5.74, 6) is 1.32. The van der Waals surface area contributed by atoms with E-state index in [2.05, 4.69) is 25.7 Å². The van der Waals surface area contributed by atoms with Gasteiger partial charge in [-0.05, 0) is 31.0 Å². The highest BCUT2D eigenvalue weighted by atomic mass is 127. The first kappa shape index (κ1) is 19.3. The summed E-state index contributed by atoms with van der Waals surface area (Å²) in [7, 11) is 1.84. The van der Waals surface area contributed by atoms with Crippen LogP contribution in [0.3, 0.4) is 0 Å². The van der Waals surface area contributed by atoms with Crippen LogP contribution in [0.1, 0.15) is 18.3 Å². The molecule has 0 aliphatic carbocycles. The van der Waals surface area contributed by atoms with Crippen molar-refractivity contribution in [2.24, 2.45) is 12.0 Å². The first-order valence-electron chi connectivity index (χ1n) is 7.28. The van der Waals surface area contributed by atoms with E-state index in [0.717, 1.165) is 36.9 Å². The third kappa shape index (κ3) is 6.51. The third-order valence-corrected chi connectivity index (χ3v) is 3.15. The Labute approximate surface area is 152 Å². The summed E-state index contributed by atoms with van der Waals surface area (Å²) in [5.41, 5.74) is 1.08. The van der Waals surface area contributed by atoms with E-state index in [1.165, 1.54) is 18.5 Å². The number of nitrogens with zero attached hydrogens (tertiary/aromatic N) is 4. The van der Waals surface area contributed by atoms with Gasteiger partial charge in [0.25, 0.3) is 0 Å². The normalized spacial score (nSPS) is 11.0. The molecular formula is C15H22FIN6. The zero-order valence-electron chi connectivity index (χ0n) is 13.3. The van der Waals surface area contributed by atoms with Crippen molar-refractivity contribution in [3.8, 4) is 0 Å². The fourth-order valence-corrected chi connectivity index (χ4v) is 1.93. The van der Waals surface area contributed by atoms with E-state index in [1.807, 2.05) is 14.0 Å². The van der Waals surface area contributed by atoms with Crippen LogP contribution in [0.4, 0.5) is 4.39 Å². The molecule has 0 aliphatic heterocycles. The summed E-state index contributed by atoms with van der Waals surface area (Å²) in [6.07, 6.45) is 2.31. The molecule has 2 N–H and O–H groups in total. The second kappa shape index (κ2) is 10.1. The molecule has 0 unspecified atom stereocenters. The Balaban J connectivity index is 0.00000264. The molecule has 0 fully saturated rings. The van der Waals surface area contributed by atoms with Gasteiger partial charge < -0.3 is 10.6 Å². The largest absolute Gasteiger partial charge is 0.357 e. The van der Waals surface area contributed by atoms with E-state index in [1.54, 1.807) is 16.8 Å². The first-order chi connectivity index (χ1) is 10.7. The summed E-state index contributed by atoms with van der Waals surface area (Å²) >= 11 is 0. The second-order valence-corrected chi connectivity index (χ2v) is 4.80. The molecule has 0 atom stereocenters. The smallest absolute Gasteiger partial charge is 0.191 e. The summed E-state index contributed by atoms with van der Waals surface area (Å²) < 4.78 is 14.5. The van der Waals surface area contributed by atoms with Crippen LogP contribution in [-0.2, 0) is 20.0 Å². The highest BCUT2D eigenvalue weighted by Gasteiger charge is 2.01. The number of aliphatic imine (C=N–C) groups is 1. The lowest BCUT2D eigenvalue weighted by molar-refractivity contribution is 0.626. The number of halogens is 2. The highest BCUT2D eigenvalue weighted by Crippen LogP contribution is 2.02. The Morgan fingerprint density at radius 2 is 2.00 bits per heavy atom. The van der Waals surface area contributed by atoms with Crippen LogP contribution in [0.25, 0.3) is 0 Å². The average molecular weight is 432 g/mol. The molecule has 8 heteroatoms. The second-order valence-electron chi connectivity index (χ2n) is 4.80. The maximum Gasteiger partial charge on any atom is 0.191 e. The molecule has 0 spiro atoms. The molecule has 23 heavy (non-hydrogen) atoms. The molecule has 2 aromatic rings. The van der Waals surface area contributed by atoms with Crippen LogP contribution in [-0.4, -0.2) is 33.8 Å². The third-order valence-electron chi connectivity index (χ3n) is 3.15. The SMILES string of the molecule is CCNC(=NCc1ncnn1C)NCCc1ccc(F)cc1.I. The topological polar surface area (TPSA) is 67.1 Å². The lowest BCUT2D eigenvalue weighted by atomic mass is 10.1. The van der Waals surface area contributed by atoms with E-state index < -0.39 is 0 Å². The van der Waals surface area contributed by atoms with Crippen LogP contribution in [0, 0.1) is 5.82 Å². The van der Waals surface area contributed by atoms with Gasteiger partial charge in [-0.2, -0.15) is 5.10 Å². The molecule has 0 bridgehead atoms. The van der Waals surface area contributed by atoms with Crippen molar-refractivity contribution in [3.05, 3.63) is 47.8 Å². The van der Waals surface area contributed by atoms with Gasteiger partial charge in [-0.3, -0.25) is 4.68 Å². The lowest BCUT2D eigenvalue weighted by Gasteiger charge is -2.11. The summed E-state index contributed by atoms with van der Waals surface area (Å²) in [6, 6.07) is 6.53. The van der Waals surface area contributed by atoms with E-state index in [4.69, 9.17) is 0 Å². The molecule has 0 amide bonds. The fourth-order valence-electron chi connectivity index (χ4n) is 1.93. The van der Waals surface area contributed by atoms with Crippen molar-refractivity contribution in [3.63, 3.8) is 0 Å². The van der Waals surface area contributed by atoms with E-state index >= 15 is 0 Å². The van der Waals surface area contributed by atoms with Gasteiger partial charge in [0.2, 0.25) is 0 Å². The zero-order chi connectivity index (χ0) is 15.8. The minimum Gasteiger partial charge on any atom is -0.357 e. The predicted octanol–water partition coefficient (Wildman–Crippen LogP) is 1.87. The number of nitrogens with one attached hydrogen (secondary N) is 2. The van der Waals surface area contributed by atoms with E-state index in [9.17, 15) is 4.39 Å². The zero-order valence-corrected chi connectivity index (χ0v) is 15.6. The maximum atomic E-state index is 12.8. The Hall–Kier alpha value is -1.71. The summed E-state index contributed by atoms with van der Waals surface area (Å²) in [4.78, 5) is 8.61. The van der Waals surface area contributed by atoms with Gasteiger partial charge in [-0.15, -0.1) is 24.0 Å². The molecule has 2 rings (SSSR count). The van der Waals surface area contributed by atoms with Crippen molar-refractivity contribution in [1.82, 2.24) is 25.4 Å². The van der Waals surface area contributed by atoms with Crippen molar-refractivity contribution >= 4 is 29.9 Å². The molecule has 0 saturated heterocycles. The minimum atomic E-state index is -0.213. The predicted molar refractivity (Wildman–Crippen MR) is 99.3 cm³/mol. The molecule has 1 aromatic heterocycles. The Bertz CT molecular complexity index is 611. The number of hydrogen-bond donors (Lipinski definition) is 2. The Morgan fingerprint density at radius 3 is 2.61 bits per heavy atom. The summed E-state index contributed by atoms with van der Waals surface area (Å²) in [5, 5.41) is 10.4. The standard InChI is InChI=1S/C15H21FN6.HI/c1-3-17-15(19-10-14-20-11-21-22(14)2)18-9-8-12-4-6-13(16)7-5-12;/h4-7,11H,3,8-10H2,1-2H3,(H2,17,18,19);1H. The number of aromatic nitrogens is 3. The molecule has 6 nitrogen and oxygen atoms in total. The van der Waals surface area contributed by atoms with Crippen LogP contribution in [0.5, 0.6) is 0 Å². The van der Waals surface area contributed by atoms with Gasteiger partial charge in [0.15, 0.2) is 5.96 Å². The molecule has 1 heterocycles. The van der Waals surface area contributed by atoms with E-state index in [0.29, 0.717) is 6.54 Å². The molecule has 126 valence electrons. The number of benzene rings is 1. The quantitative estimate of drug-likeness (QED) is 0.416. The Kier molecular flexibility index (Phi) is 8.52. The van der Waals surface area contributed by atoms with Gasteiger partial charge >= 0.3 is 0 Å². The number of hydrogen-bond acceptors (Lipinski definition) is 3. The molecule has 1 aromatic carbocycles. The lowest BCUT2D eigenvalue weighted by Crippen LogP contribution is -2.38. The number of aryl methyl sites for hydroxylation is 1. The van der Waals surface area contributed by atoms with Crippen LogP contribution >= 0.6 is 24.0 Å². The monoisotopic (exact) mass is 432 g/mol. The molecular weight excluding hydrogens is 410 g/mol.